The molecular formula is C15H13F2NO. The van der Waals surface area contributed by atoms with Crippen molar-refractivity contribution in [3.63, 3.8) is 0 Å². The van der Waals surface area contributed by atoms with Crippen molar-refractivity contribution in [1.82, 2.24) is 0 Å². The Hall–Kier alpha value is -2.07. The van der Waals surface area contributed by atoms with E-state index in [4.69, 9.17) is 5.73 Å². The Morgan fingerprint density at radius 3 is 1.95 bits per heavy atom. The molecule has 0 saturated carbocycles. The number of Topliss-reactive ketones (excluding diaryl/α,β-unsaturated/α-hetero) is 1. The molecule has 4 heteroatoms. The van der Waals surface area contributed by atoms with Crippen molar-refractivity contribution in [2.24, 2.45) is 5.73 Å². The number of alkyl halides is 2. The first-order valence-corrected chi connectivity index (χ1v) is 5.81. The first-order valence-electron chi connectivity index (χ1n) is 5.81. The minimum absolute atomic E-state index is 0.0427. The molecule has 98 valence electrons. The fourth-order valence-corrected chi connectivity index (χ4v) is 1.79. The highest BCUT2D eigenvalue weighted by molar-refractivity contribution is 6.01. The zero-order valence-electron chi connectivity index (χ0n) is 10.1. The van der Waals surface area contributed by atoms with Crippen molar-refractivity contribution in [3.05, 3.63) is 71.8 Å². The second-order valence-electron chi connectivity index (χ2n) is 4.21. The Morgan fingerprint density at radius 1 is 0.947 bits per heavy atom. The Bertz CT molecular complexity index is 555. The summed E-state index contributed by atoms with van der Waals surface area (Å²) >= 11 is 0. The standard InChI is InChI=1S/C15H13F2NO/c16-15(17,13(18)11-7-3-1-4-8-11)14(19)12-9-5-2-6-10-12/h1-10,13H,18H2/t13-/m0/s1. The van der Waals surface area contributed by atoms with Gasteiger partial charge in [0.05, 0.1) is 0 Å². The second kappa shape index (κ2) is 5.28. The third-order valence-corrected chi connectivity index (χ3v) is 2.89. The number of hydrogen-bond donors (Lipinski definition) is 1. The molecule has 0 fully saturated rings. The highest BCUT2D eigenvalue weighted by Crippen LogP contribution is 2.32. The SMILES string of the molecule is N[C@@H](c1ccccc1)C(F)(F)C(=O)c1ccccc1. The minimum atomic E-state index is -3.64. The van der Waals surface area contributed by atoms with Gasteiger partial charge in [0.15, 0.2) is 0 Å². The normalized spacial score (nSPS) is 13.0. The van der Waals surface area contributed by atoms with Crippen LogP contribution in [-0.4, -0.2) is 11.7 Å². The summed E-state index contributed by atoms with van der Waals surface area (Å²) in [5.74, 6) is -4.90. The molecule has 0 heterocycles. The molecule has 0 bridgehead atoms. The van der Waals surface area contributed by atoms with Gasteiger partial charge in [0.1, 0.15) is 6.04 Å². The first-order chi connectivity index (χ1) is 9.03. The average Bonchev–Trinajstić information content (AvgIpc) is 2.47. The van der Waals surface area contributed by atoms with Crippen LogP contribution in [0.3, 0.4) is 0 Å². The van der Waals surface area contributed by atoms with Gasteiger partial charge in [-0.05, 0) is 5.56 Å². The summed E-state index contributed by atoms with van der Waals surface area (Å²) in [5.41, 5.74) is 5.73. The molecule has 0 aliphatic carbocycles. The number of hydrogen-bond acceptors (Lipinski definition) is 2. The Morgan fingerprint density at radius 2 is 1.42 bits per heavy atom. The van der Waals surface area contributed by atoms with Crippen LogP contribution < -0.4 is 5.73 Å². The van der Waals surface area contributed by atoms with Gasteiger partial charge in [0.2, 0.25) is 5.78 Å². The zero-order chi connectivity index (χ0) is 13.9. The maximum atomic E-state index is 14.1. The molecule has 2 aromatic carbocycles. The molecule has 0 spiro atoms. The van der Waals surface area contributed by atoms with Gasteiger partial charge in [-0.1, -0.05) is 60.7 Å². The average molecular weight is 261 g/mol. The van der Waals surface area contributed by atoms with Crippen LogP contribution in [0.2, 0.25) is 0 Å². The molecule has 0 amide bonds. The van der Waals surface area contributed by atoms with Crippen molar-refractivity contribution in [2.45, 2.75) is 12.0 Å². The van der Waals surface area contributed by atoms with Crippen molar-refractivity contribution < 1.29 is 13.6 Å². The van der Waals surface area contributed by atoms with Gasteiger partial charge in [-0.25, -0.2) is 0 Å². The van der Waals surface area contributed by atoms with Gasteiger partial charge >= 0.3 is 5.92 Å². The van der Waals surface area contributed by atoms with Gasteiger partial charge in [-0.3, -0.25) is 4.79 Å². The van der Waals surface area contributed by atoms with E-state index in [1.54, 1.807) is 24.3 Å². The topological polar surface area (TPSA) is 43.1 Å². The molecule has 2 nitrogen and oxygen atoms in total. The van der Waals surface area contributed by atoms with E-state index in [0.29, 0.717) is 0 Å². The molecule has 0 unspecified atom stereocenters. The molecular weight excluding hydrogens is 248 g/mol. The van der Waals surface area contributed by atoms with E-state index in [0.717, 1.165) is 0 Å². The molecule has 0 aliphatic heterocycles. The number of nitrogens with two attached hydrogens (primary N) is 1. The molecule has 2 aromatic rings. The minimum Gasteiger partial charge on any atom is -0.319 e. The lowest BCUT2D eigenvalue weighted by Crippen LogP contribution is -2.40. The highest BCUT2D eigenvalue weighted by Gasteiger charge is 2.46. The summed E-state index contributed by atoms with van der Waals surface area (Å²) in [7, 11) is 0. The summed E-state index contributed by atoms with van der Waals surface area (Å²) in [5, 5.41) is 0. The third-order valence-electron chi connectivity index (χ3n) is 2.89. The smallest absolute Gasteiger partial charge is 0.319 e. The Labute approximate surface area is 109 Å². The monoisotopic (exact) mass is 261 g/mol. The summed E-state index contributed by atoms with van der Waals surface area (Å²) in [6.45, 7) is 0. The lowest BCUT2D eigenvalue weighted by molar-refractivity contribution is -0.00722. The van der Waals surface area contributed by atoms with E-state index in [1.165, 1.54) is 36.4 Å². The van der Waals surface area contributed by atoms with Gasteiger partial charge in [-0.15, -0.1) is 0 Å². The van der Waals surface area contributed by atoms with E-state index in [-0.39, 0.29) is 11.1 Å². The largest absolute Gasteiger partial charge is 0.328 e. The molecule has 0 radical (unpaired) electrons. The molecule has 2 rings (SSSR count). The second-order valence-corrected chi connectivity index (χ2v) is 4.21. The molecule has 1 atom stereocenters. The lowest BCUT2D eigenvalue weighted by atomic mass is 9.95. The van der Waals surface area contributed by atoms with Gasteiger partial charge in [-0.2, -0.15) is 8.78 Å². The molecule has 19 heavy (non-hydrogen) atoms. The molecule has 0 aromatic heterocycles. The zero-order valence-corrected chi connectivity index (χ0v) is 10.1. The van der Waals surface area contributed by atoms with Crippen LogP contribution in [0.5, 0.6) is 0 Å². The Balaban J connectivity index is 2.30. The first kappa shape index (κ1) is 13.4. The van der Waals surface area contributed by atoms with Crippen LogP contribution in [0.15, 0.2) is 60.7 Å². The summed E-state index contributed by atoms with van der Waals surface area (Å²) in [4.78, 5) is 11.9. The predicted octanol–water partition coefficient (Wildman–Crippen LogP) is 3.20. The fraction of sp³-hybridized carbons (Fsp3) is 0.133. The van der Waals surface area contributed by atoms with Crippen LogP contribution in [0, 0.1) is 0 Å². The quantitative estimate of drug-likeness (QED) is 0.859. The summed E-state index contributed by atoms with van der Waals surface area (Å²) < 4.78 is 28.2. The van der Waals surface area contributed by atoms with Gasteiger partial charge in [0.25, 0.3) is 0 Å². The Kier molecular flexibility index (Phi) is 3.71. The van der Waals surface area contributed by atoms with E-state index < -0.39 is 17.7 Å². The fourth-order valence-electron chi connectivity index (χ4n) is 1.79. The molecule has 0 aliphatic rings. The number of rotatable bonds is 4. The molecule has 2 N–H and O–H groups in total. The van der Waals surface area contributed by atoms with Crippen molar-refractivity contribution in [1.29, 1.82) is 0 Å². The maximum absolute atomic E-state index is 14.1. The number of halogens is 2. The van der Waals surface area contributed by atoms with E-state index in [1.807, 2.05) is 0 Å². The van der Waals surface area contributed by atoms with Gasteiger partial charge in [0, 0.05) is 5.56 Å². The van der Waals surface area contributed by atoms with Crippen LogP contribution in [0.4, 0.5) is 8.78 Å². The van der Waals surface area contributed by atoms with Crippen LogP contribution >= 0.6 is 0 Å². The van der Waals surface area contributed by atoms with Crippen LogP contribution in [-0.2, 0) is 0 Å². The van der Waals surface area contributed by atoms with Gasteiger partial charge < -0.3 is 5.73 Å². The third kappa shape index (κ3) is 2.69. The number of carbonyl (C=O) groups excluding carboxylic acids is 1. The molecule has 0 saturated heterocycles. The number of ketones is 1. The van der Waals surface area contributed by atoms with E-state index >= 15 is 0 Å². The number of benzene rings is 2. The van der Waals surface area contributed by atoms with Crippen molar-refractivity contribution >= 4 is 5.78 Å². The number of carbonyl (C=O) groups is 1. The van der Waals surface area contributed by atoms with Crippen LogP contribution in [0.25, 0.3) is 0 Å². The van der Waals surface area contributed by atoms with Crippen LogP contribution in [0.1, 0.15) is 22.0 Å². The lowest BCUT2D eigenvalue weighted by Gasteiger charge is -2.22. The van der Waals surface area contributed by atoms with Crippen molar-refractivity contribution in [2.75, 3.05) is 0 Å². The maximum Gasteiger partial charge on any atom is 0.328 e. The summed E-state index contributed by atoms with van der Waals surface area (Å²) in [6.07, 6.45) is 0. The van der Waals surface area contributed by atoms with Crippen molar-refractivity contribution in [3.8, 4) is 0 Å². The predicted molar refractivity (Wildman–Crippen MR) is 69.1 cm³/mol. The van der Waals surface area contributed by atoms with E-state index in [9.17, 15) is 13.6 Å². The highest BCUT2D eigenvalue weighted by atomic mass is 19.3. The van der Waals surface area contributed by atoms with E-state index in [2.05, 4.69) is 0 Å². The summed E-state index contributed by atoms with van der Waals surface area (Å²) in [6, 6.07) is 13.7.